The maximum atomic E-state index is 12.4. The minimum absolute atomic E-state index is 0.0389. The molecule has 3 aromatic rings. The lowest BCUT2D eigenvalue weighted by Crippen LogP contribution is -2.34. The fourth-order valence-electron chi connectivity index (χ4n) is 2.69. The summed E-state index contributed by atoms with van der Waals surface area (Å²) in [6.45, 7) is 0.453. The minimum Gasteiger partial charge on any atom is -0.488 e. The number of ether oxygens (including phenoxy) is 1. The van der Waals surface area contributed by atoms with Crippen molar-refractivity contribution in [3.05, 3.63) is 66.4 Å². The highest BCUT2D eigenvalue weighted by molar-refractivity contribution is 5.94. The van der Waals surface area contributed by atoms with Crippen molar-refractivity contribution in [2.24, 2.45) is 0 Å². The largest absolute Gasteiger partial charge is 0.488 e. The summed E-state index contributed by atoms with van der Waals surface area (Å²) in [4.78, 5) is 20.4. The highest BCUT2D eigenvalue weighted by Crippen LogP contribution is 2.27. The maximum absolute atomic E-state index is 12.4. The van der Waals surface area contributed by atoms with E-state index in [4.69, 9.17) is 4.74 Å². The van der Waals surface area contributed by atoms with E-state index in [1.807, 2.05) is 24.3 Å². The van der Waals surface area contributed by atoms with Crippen LogP contribution in [0.4, 0.5) is 0 Å². The fraction of sp³-hybridized carbons (Fsp3) is 0.176. The van der Waals surface area contributed by atoms with Gasteiger partial charge in [0, 0.05) is 18.2 Å². The van der Waals surface area contributed by atoms with E-state index in [0.717, 1.165) is 12.2 Å². The van der Waals surface area contributed by atoms with Crippen molar-refractivity contribution in [2.45, 2.75) is 12.5 Å². The molecular formula is C17H15N5O2. The van der Waals surface area contributed by atoms with Crippen molar-refractivity contribution in [1.82, 2.24) is 25.1 Å². The van der Waals surface area contributed by atoms with Crippen LogP contribution in [0.15, 0.2) is 55.2 Å². The van der Waals surface area contributed by atoms with Gasteiger partial charge in [0.25, 0.3) is 5.91 Å². The molecule has 0 bridgehead atoms. The Balaban J connectivity index is 1.40. The molecule has 0 saturated heterocycles. The number of carbonyl (C=O) groups is 1. The molecule has 1 aliphatic heterocycles. The molecule has 4 rings (SSSR count). The van der Waals surface area contributed by atoms with Gasteiger partial charge < -0.3 is 10.1 Å². The van der Waals surface area contributed by atoms with E-state index in [2.05, 4.69) is 20.4 Å². The number of hydrogen-bond donors (Lipinski definition) is 1. The first kappa shape index (κ1) is 14.4. The molecule has 0 fully saturated rings. The third kappa shape index (κ3) is 2.83. The first-order valence-electron chi connectivity index (χ1n) is 7.63. The van der Waals surface area contributed by atoms with Crippen LogP contribution in [0.2, 0.25) is 0 Å². The molecule has 3 heterocycles. The molecule has 1 atom stereocenters. The molecule has 1 N–H and O–H groups in total. The van der Waals surface area contributed by atoms with E-state index in [0.29, 0.717) is 17.9 Å². The zero-order chi connectivity index (χ0) is 16.4. The molecule has 0 unspecified atom stereocenters. The average Bonchev–Trinajstić information content (AvgIpc) is 3.29. The van der Waals surface area contributed by atoms with Crippen LogP contribution in [0.25, 0.3) is 5.82 Å². The molecule has 1 aliphatic rings. The van der Waals surface area contributed by atoms with Gasteiger partial charge in [-0.25, -0.2) is 14.6 Å². The third-order valence-corrected chi connectivity index (χ3v) is 3.87. The lowest BCUT2D eigenvalue weighted by molar-refractivity contribution is 0.0933. The summed E-state index contributed by atoms with van der Waals surface area (Å²) in [7, 11) is 0. The van der Waals surface area contributed by atoms with Crippen LogP contribution in [-0.2, 0) is 6.42 Å². The molecule has 0 radical (unpaired) electrons. The molecule has 7 nitrogen and oxygen atoms in total. The van der Waals surface area contributed by atoms with Crippen LogP contribution < -0.4 is 10.1 Å². The summed E-state index contributed by atoms with van der Waals surface area (Å²) < 4.78 is 7.33. The minimum atomic E-state index is -0.168. The summed E-state index contributed by atoms with van der Waals surface area (Å²) in [6, 6.07) is 11.3. The zero-order valence-corrected chi connectivity index (χ0v) is 12.8. The van der Waals surface area contributed by atoms with Crippen molar-refractivity contribution < 1.29 is 9.53 Å². The Hall–Kier alpha value is -3.22. The van der Waals surface area contributed by atoms with Gasteiger partial charge in [0.05, 0.1) is 6.54 Å². The van der Waals surface area contributed by atoms with E-state index in [-0.39, 0.29) is 12.0 Å². The number of nitrogens with one attached hydrogen (secondary N) is 1. The molecule has 0 aliphatic carbocycles. The summed E-state index contributed by atoms with van der Waals surface area (Å²) >= 11 is 0. The van der Waals surface area contributed by atoms with E-state index in [1.54, 1.807) is 18.3 Å². The Labute approximate surface area is 138 Å². The van der Waals surface area contributed by atoms with Gasteiger partial charge >= 0.3 is 0 Å². The number of benzene rings is 1. The van der Waals surface area contributed by atoms with Crippen LogP contribution in [0, 0.1) is 0 Å². The standard InChI is InChI=1S/C17H15N5O2/c23-17(13-5-6-19-16(8-13)22-11-18-10-21-22)20-9-14-7-12-3-1-2-4-15(12)24-14/h1-6,8,10-11,14H,7,9H2,(H,20,23)/t14-/m1/s1. The van der Waals surface area contributed by atoms with E-state index >= 15 is 0 Å². The predicted octanol–water partition coefficient (Wildman–Crippen LogP) is 1.40. The number of amides is 1. The van der Waals surface area contributed by atoms with Crippen molar-refractivity contribution >= 4 is 5.91 Å². The number of rotatable bonds is 4. The number of carbonyl (C=O) groups excluding carboxylic acids is 1. The summed E-state index contributed by atoms with van der Waals surface area (Å²) in [5, 5.41) is 6.92. The Morgan fingerprint density at radius 2 is 2.25 bits per heavy atom. The second-order valence-electron chi connectivity index (χ2n) is 5.50. The van der Waals surface area contributed by atoms with Crippen molar-refractivity contribution in [1.29, 1.82) is 0 Å². The normalized spacial score (nSPS) is 15.6. The Bertz CT molecular complexity index is 838. The van der Waals surface area contributed by atoms with Crippen molar-refractivity contribution in [3.8, 4) is 11.6 Å². The molecule has 1 aromatic carbocycles. The molecule has 2 aromatic heterocycles. The number of para-hydroxylation sites is 1. The average molecular weight is 321 g/mol. The van der Waals surface area contributed by atoms with Crippen molar-refractivity contribution in [3.63, 3.8) is 0 Å². The number of fused-ring (bicyclic) bond motifs is 1. The number of aromatic nitrogens is 4. The van der Waals surface area contributed by atoms with Gasteiger partial charge in [-0.3, -0.25) is 4.79 Å². The Kier molecular flexibility index (Phi) is 3.66. The topological polar surface area (TPSA) is 81.9 Å². The molecular weight excluding hydrogens is 306 g/mol. The summed E-state index contributed by atoms with van der Waals surface area (Å²) in [5.41, 5.74) is 1.69. The Morgan fingerprint density at radius 1 is 1.33 bits per heavy atom. The van der Waals surface area contributed by atoms with Crippen molar-refractivity contribution in [2.75, 3.05) is 6.54 Å². The lowest BCUT2D eigenvalue weighted by Gasteiger charge is -2.12. The highest BCUT2D eigenvalue weighted by Gasteiger charge is 2.22. The van der Waals surface area contributed by atoms with Crippen LogP contribution in [-0.4, -0.2) is 38.3 Å². The van der Waals surface area contributed by atoms with Crippen LogP contribution >= 0.6 is 0 Å². The quantitative estimate of drug-likeness (QED) is 0.785. The summed E-state index contributed by atoms with van der Waals surface area (Å²) in [5.74, 6) is 1.28. The van der Waals surface area contributed by atoms with E-state index in [9.17, 15) is 4.79 Å². The fourth-order valence-corrected chi connectivity index (χ4v) is 2.69. The molecule has 7 heteroatoms. The monoisotopic (exact) mass is 321 g/mol. The third-order valence-electron chi connectivity index (χ3n) is 3.87. The molecule has 0 saturated carbocycles. The van der Waals surface area contributed by atoms with E-state index in [1.165, 1.54) is 22.9 Å². The van der Waals surface area contributed by atoms with Gasteiger partial charge in [-0.2, -0.15) is 5.10 Å². The highest BCUT2D eigenvalue weighted by atomic mass is 16.5. The first-order valence-corrected chi connectivity index (χ1v) is 7.63. The second-order valence-corrected chi connectivity index (χ2v) is 5.50. The van der Waals surface area contributed by atoms with Crippen LogP contribution in [0.5, 0.6) is 5.75 Å². The zero-order valence-electron chi connectivity index (χ0n) is 12.8. The van der Waals surface area contributed by atoms with Gasteiger partial charge in [0.15, 0.2) is 5.82 Å². The molecule has 1 amide bonds. The SMILES string of the molecule is O=C(NC[C@H]1Cc2ccccc2O1)c1ccnc(-n2cncn2)c1. The van der Waals surface area contributed by atoms with Gasteiger partial charge in [-0.1, -0.05) is 18.2 Å². The van der Waals surface area contributed by atoms with E-state index < -0.39 is 0 Å². The van der Waals surface area contributed by atoms with Crippen LogP contribution in [0.3, 0.4) is 0 Å². The lowest BCUT2D eigenvalue weighted by atomic mass is 10.1. The smallest absolute Gasteiger partial charge is 0.251 e. The first-order chi connectivity index (χ1) is 11.8. The maximum Gasteiger partial charge on any atom is 0.251 e. The second kappa shape index (κ2) is 6.11. The van der Waals surface area contributed by atoms with Gasteiger partial charge in [-0.15, -0.1) is 0 Å². The van der Waals surface area contributed by atoms with Gasteiger partial charge in [-0.05, 0) is 23.8 Å². The molecule has 0 spiro atoms. The predicted molar refractivity (Wildman–Crippen MR) is 86.0 cm³/mol. The summed E-state index contributed by atoms with van der Waals surface area (Å²) in [6.07, 6.45) is 5.30. The number of nitrogens with zero attached hydrogens (tertiary/aromatic N) is 4. The van der Waals surface area contributed by atoms with Gasteiger partial charge in [0.2, 0.25) is 0 Å². The molecule has 120 valence electrons. The molecule has 24 heavy (non-hydrogen) atoms. The van der Waals surface area contributed by atoms with Crippen LogP contribution in [0.1, 0.15) is 15.9 Å². The number of hydrogen-bond acceptors (Lipinski definition) is 5. The number of pyridine rings is 1. The van der Waals surface area contributed by atoms with Gasteiger partial charge in [0.1, 0.15) is 24.5 Å². The Morgan fingerprint density at radius 3 is 3.08 bits per heavy atom.